The Labute approximate surface area is 317 Å². The quantitative estimate of drug-likeness (QED) is 0.178. The van der Waals surface area contributed by atoms with Crippen molar-refractivity contribution < 1.29 is 0 Å². The van der Waals surface area contributed by atoms with Gasteiger partial charge in [0.2, 0.25) is 0 Å². The first-order valence-electron chi connectivity index (χ1n) is 19.1. The van der Waals surface area contributed by atoms with Gasteiger partial charge in [-0.05, 0) is 98.0 Å². The average Bonchev–Trinajstić information content (AvgIpc) is 3.77. The largest absolute Gasteiger partial charge is 0.310 e. The van der Waals surface area contributed by atoms with Gasteiger partial charge in [-0.25, -0.2) is 0 Å². The highest BCUT2D eigenvalue weighted by Crippen LogP contribution is 2.66. The molecule has 3 aliphatic carbocycles. The first kappa shape index (κ1) is 31.1. The average molecular weight is 690 g/mol. The lowest BCUT2D eigenvalue weighted by atomic mass is 9.69. The molecule has 1 heteroatoms. The smallest absolute Gasteiger partial charge is 0.0746 e. The van der Waals surface area contributed by atoms with Crippen molar-refractivity contribution in [3.05, 3.63) is 221 Å². The highest BCUT2D eigenvalue weighted by atomic mass is 15.1. The number of aryl methyl sites for hydroxylation is 1. The van der Waals surface area contributed by atoms with Crippen molar-refractivity contribution in [2.75, 3.05) is 4.90 Å². The molecule has 0 heterocycles. The molecule has 0 unspecified atom stereocenters. The zero-order chi connectivity index (χ0) is 36.2. The van der Waals surface area contributed by atoms with Gasteiger partial charge >= 0.3 is 0 Å². The normalized spacial score (nSPS) is 14.5. The second-order valence-corrected chi connectivity index (χ2v) is 15.7. The number of nitrogens with zero attached hydrogens (tertiary/aromatic N) is 1. The van der Waals surface area contributed by atoms with Gasteiger partial charge in [-0.1, -0.05) is 177 Å². The van der Waals surface area contributed by atoms with E-state index in [2.05, 4.69) is 208 Å². The fourth-order valence-corrected chi connectivity index (χ4v) is 10.2. The van der Waals surface area contributed by atoms with Gasteiger partial charge in [-0.2, -0.15) is 0 Å². The minimum Gasteiger partial charge on any atom is -0.310 e. The first-order valence-corrected chi connectivity index (χ1v) is 19.1. The summed E-state index contributed by atoms with van der Waals surface area (Å²) in [6, 6.07) is 68.3. The zero-order valence-corrected chi connectivity index (χ0v) is 30.8. The van der Waals surface area contributed by atoms with E-state index >= 15 is 0 Å². The van der Waals surface area contributed by atoms with Crippen molar-refractivity contribution in [3.63, 3.8) is 0 Å². The van der Waals surface area contributed by atoms with E-state index in [0.717, 1.165) is 11.4 Å². The van der Waals surface area contributed by atoms with Crippen LogP contribution in [0.1, 0.15) is 52.8 Å². The van der Waals surface area contributed by atoms with E-state index in [-0.39, 0.29) is 5.41 Å². The molecular formula is C53H39N. The van der Waals surface area contributed by atoms with E-state index in [9.17, 15) is 0 Å². The third-order valence-corrected chi connectivity index (χ3v) is 12.5. The highest BCUT2D eigenvalue weighted by Gasteiger charge is 2.53. The van der Waals surface area contributed by atoms with Crippen LogP contribution in [0, 0.1) is 6.92 Å². The molecule has 0 fully saturated rings. The summed E-state index contributed by atoms with van der Waals surface area (Å²) >= 11 is 0. The van der Waals surface area contributed by atoms with Crippen LogP contribution in [0.15, 0.2) is 182 Å². The van der Waals surface area contributed by atoms with Gasteiger partial charge in [0.1, 0.15) is 0 Å². The zero-order valence-electron chi connectivity index (χ0n) is 30.8. The Morgan fingerprint density at radius 2 is 0.889 bits per heavy atom. The standard InChI is InChI=1S/C53H39N/c1-34-28-30-42-43-22-15-27-50(51(43)53(48(42)32-34)45-24-12-8-20-39(45)40-21-9-13-25-46(40)53)54(49-26-14-10-18-37(49)35-16-5-4-6-17-35)36-29-31-41-38-19-7-11-23-44(38)52(2,3)47(41)33-36/h4-33H,1-3H3. The number of para-hydroxylation sites is 1. The van der Waals surface area contributed by atoms with Crippen LogP contribution in [0.3, 0.4) is 0 Å². The molecule has 0 aromatic heterocycles. The van der Waals surface area contributed by atoms with Crippen LogP contribution in [0.5, 0.6) is 0 Å². The molecule has 0 aliphatic heterocycles. The molecule has 0 amide bonds. The van der Waals surface area contributed by atoms with Crippen molar-refractivity contribution in [1.29, 1.82) is 0 Å². The van der Waals surface area contributed by atoms with Crippen LogP contribution in [0.4, 0.5) is 17.1 Å². The van der Waals surface area contributed by atoms with E-state index in [1.807, 2.05) is 0 Å². The SMILES string of the molecule is Cc1ccc2c(c1)C1(c3ccccc3-c3ccccc31)c1c-2cccc1N(c1ccc2c(c1)C(C)(C)c1ccccc1-2)c1ccccc1-c1ccccc1. The fourth-order valence-electron chi connectivity index (χ4n) is 10.2. The molecule has 0 saturated carbocycles. The first-order chi connectivity index (χ1) is 26.5. The summed E-state index contributed by atoms with van der Waals surface area (Å²) in [6.45, 7) is 6.99. The molecule has 1 spiro atoms. The summed E-state index contributed by atoms with van der Waals surface area (Å²) in [5, 5.41) is 0. The Balaban J connectivity index is 1.26. The Hall–Kier alpha value is -6.44. The van der Waals surface area contributed by atoms with E-state index < -0.39 is 5.41 Å². The van der Waals surface area contributed by atoms with Gasteiger partial charge in [-0.3, -0.25) is 0 Å². The summed E-state index contributed by atoms with van der Waals surface area (Å²) in [5.41, 5.74) is 22.6. The molecule has 3 aliphatic rings. The second-order valence-electron chi connectivity index (χ2n) is 15.7. The second kappa shape index (κ2) is 11.3. The van der Waals surface area contributed by atoms with Crippen LogP contribution < -0.4 is 4.90 Å². The summed E-state index contributed by atoms with van der Waals surface area (Å²) < 4.78 is 0. The van der Waals surface area contributed by atoms with Gasteiger partial charge in [0, 0.05) is 22.2 Å². The maximum atomic E-state index is 2.57. The van der Waals surface area contributed by atoms with Crippen LogP contribution in [0.2, 0.25) is 0 Å². The van der Waals surface area contributed by atoms with Crippen LogP contribution in [-0.4, -0.2) is 0 Å². The molecule has 0 atom stereocenters. The highest BCUT2D eigenvalue weighted by molar-refractivity contribution is 6.01. The molecule has 8 aromatic rings. The van der Waals surface area contributed by atoms with Crippen LogP contribution in [-0.2, 0) is 10.8 Å². The lowest BCUT2D eigenvalue weighted by Crippen LogP contribution is -2.28. The summed E-state index contributed by atoms with van der Waals surface area (Å²) in [6.07, 6.45) is 0. The predicted molar refractivity (Wildman–Crippen MR) is 225 cm³/mol. The van der Waals surface area contributed by atoms with E-state index in [4.69, 9.17) is 0 Å². The fraction of sp³-hybridized carbons (Fsp3) is 0.0943. The molecule has 11 rings (SSSR count). The monoisotopic (exact) mass is 689 g/mol. The van der Waals surface area contributed by atoms with Crippen molar-refractivity contribution in [1.82, 2.24) is 0 Å². The maximum Gasteiger partial charge on any atom is 0.0746 e. The van der Waals surface area contributed by atoms with Crippen LogP contribution >= 0.6 is 0 Å². The molecular weight excluding hydrogens is 651 g/mol. The van der Waals surface area contributed by atoms with E-state index in [1.54, 1.807) is 0 Å². The molecule has 8 aromatic carbocycles. The van der Waals surface area contributed by atoms with E-state index in [0.29, 0.717) is 0 Å². The molecule has 0 saturated heterocycles. The Morgan fingerprint density at radius 3 is 1.61 bits per heavy atom. The molecule has 1 nitrogen and oxygen atoms in total. The minimum atomic E-state index is -0.493. The number of hydrogen-bond donors (Lipinski definition) is 0. The Morgan fingerprint density at radius 1 is 0.370 bits per heavy atom. The topological polar surface area (TPSA) is 3.24 Å². The number of hydrogen-bond acceptors (Lipinski definition) is 1. The van der Waals surface area contributed by atoms with E-state index in [1.165, 1.54) is 89.1 Å². The van der Waals surface area contributed by atoms with Gasteiger partial charge < -0.3 is 4.90 Å². The maximum absolute atomic E-state index is 2.57. The number of anilines is 3. The van der Waals surface area contributed by atoms with Gasteiger partial charge in [0.05, 0.1) is 16.8 Å². The van der Waals surface area contributed by atoms with Gasteiger partial charge in [0.25, 0.3) is 0 Å². The lowest BCUT2D eigenvalue weighted by Gasteiger charge is -2.37. The predicted octanol–water partition coefficient (Wildman–Crippen LogP) is 13.8. The number of rotatable bonds is 4. The van der Waals surface area contributed by atoms with Crippen molar-refractivity contribution >= 4 is 17.1 Å². The van der Waals surface area contributed by atoms with Crippen molar-refractivity contribution in [2.24, 2.45) is 0 Å². The molecule has 0 bridgehead atoms. The summed E-state index contributed by atoms with van der Waals surface area (Å²) in [5.74, 6) is 0. The third kappa shape index (κ3) is 4.04. The molecule has 54 heavy (non-hydrogen) atoms. The van der Waals surface area contributed by atoms with Gasteiger partial charge in [-0.15, -0.1) is 0 Å². The Bertz CT molecular complexity index is 2780. The number of fused-ring (bicyclic) bond motifs is 13. The Kier molecular flexibility index (Phi) is 6.50. The van der Waals surface area contributed by atoms with Gasteiger partial charge in [0.15, 0.2) is 0 Å². The third-order valence-electron chi connectivity index (χ3n) is 12.5. The lowest BCUT2D eigenvalue weighted by molar-refractivity contribution is 0.660. The summed E-state index contributed by atoms with van der Waals surface area (Å²) in [7, 11) is 0. The molecule has 0 N–H and O–H groups in total. The minimum absolute atomic E-state index is 0.135. The molecule has 256 valence electrons. The van der Waals surface area contributed by atoms with Crippen molar-refractivity contribution in [2.45, 2.75) is 31.6 Å². The van der Waals surface area contributed by atoms with Crippen LogP contribution in [0.25, 0.3) is 44.5 Å². The molecule has 0 radical (unpaired) electrons. The summed E-state index contributed by atoms with van der Waals surface area (Å²) in [4.78, 5) is 2.57. The number of benzene rings is 8. The van der Waals surface area contributed by atoms with Crippen molar-refractivity contribution in [3.8, 4) is 44.5 Å².